The summed E-state index contributed by atoms with van der Waals surface area (Å²) < 4.78 is 0. The highest BCUT2D eigenvalue weighted by Crippen LogP contribution is 2.32. The number of thioether (sulfide) groups is 1. The van der Waals surface area contributed by atoms with Gasteiger partial charge in [0.15, 0.2) is 0 Å². The van der Waals surface area contributed by atoms with Crippen LogP contribution in [0.25, 0.3) is 0 Å². The summed E-state index contributed by atoms with van der Waals surface area (Å²) >= 11 is 1.84. The van der Waals surface area contributed by atoms with E-state index in [-0.39, 0.29) is 6.04 Å². The van der Waals surface area contributed by atoms with E-state index in [1.54, 1.807) is 0 Å². The average Bonchev–Trinajstić information content (AvgIpc) is 2.17. The Hall–Kier alpha value is -0.220. The number of rotatable bonds is 1. The lowest BCUT2D eigenvalue weighted by molar-refractivity contribution is -0.139. The van der Waals surface area contributed by atoms with Gasteiger partial charge in [0.1, 0.15) is 6.04 Å². The van der Waals surface area contributed by atoms with E-state index in [2.05, 4.69) is 5.32 Å². The van der Waals surface area contributed by atoms with E-state index < -0.39 is 5.97 Å². The SMILES string of the molecule is O=C(O)C1CSC2CCCCC2N1. The molecule has 0 aromatic rings. The molecule has 0 amide bonds. The number of aliphatic carboxylic acids is 1. The van der Waals surface area contributed by atoms with Crippen molar-refractivity contribution in [2.45, 2.75) is 43.0 Å². The third-order valence-corrected chi connectivity index (χ3v) is 4.41. The number of fused-ring (bicyclic) bond motifs is 1. The highest BCUT2D eigenvalue weighted by Gasteiger charge is 2.34. The van der Waals surface area contributed by atoms with Gasteiger partial charge in [-0.2, -0.15) is 11.8 Å². The maximum absolute atomic E-state index is 10.8. The fourth-order valence-corrected chi connectivity index (χ4v) is 3.61. The van der Waals surface area contributed by atoms with Crippen LogP contribution in [0.3, 0.4) is 0 Å². The predicted octanol–water partition coefficient (Wildman–Crippen LogP) is 1.09. The fourth-order valence-electron chi connectivity index (χ4n) is 2.16. The Kier molecular flexibility index (Phi) is 2.79. The van der Waals surface area contributed by atoms with E-state index in [0.717, 1.165) is 12.2 Å². The number of hydrogen-bond acceptors (Lipinski definition) is 3. The molecule has 74 valence electrons. The summed E-state index contributed by atoms with van der Waals surface area (Å²) in [5.74, 6) is 0.0350. The normalized spacial score (nSPS) is 39.5. The van der Waals surface area contributed by atoms with Gasteiger partial charge in [-0.15, -0.1) is 0 Å². The number of carboxylic acids is 1. The molecule has 1 heterocycles. The van der Waals surface area contributed by atoms with Gasteiger partial charge in [0.25, 0.3) is 0 Å². The quantitative estimate of drug-likeness (QED) is 0.666. The van der Waals surface area contributed by atoms with Gasteiger partial charge in [0.2, 0.25) is 0 Å². The molecule has 3 atom stereocenters. The van der Waals surface area contributed by atoms with Crippen LogP contribution in [0.5, 0.6) is 0 Å². The van der Waals surface area contributed by atoms with Gasteiger partial charge < -0.3 is 5.11 Å². The highest BCUT2D eigenvalue weighted by atomic mass is 32.2. The van der Waals surface area contributed by atoms with Gasteiger partial charge in [-0.25, -0.2) is 0 Å². The monoisotopic (exact) mass is 201 g/mol. The molecule has 0 bridgehead atoms. The Morgan fingerprint density at radius 3 is 2.92 bits per heavy atom. The molecule has 3 nitrogen and oxygen atoms in total. The zero-order chi connectivity index (χ0) is 9.26. The van der Waals surface area contributed by atoms with Gasteiger partial charge in [-0.1, -0.05) is 12.8 Å². The Morgan fingerprint density at radius 2 is 2.15 bits per heavy atom. The maximum Gasteiger partial charge on any atom is 0.321 e. The zero-order valence-electron chi connectivity index (χ0n) is 7.53. The van der Waals surface area contributed by atoms with E-state index in [1.807, 2.05) is 11.8 Å². The second kappa shape index (κ2) is 3.88. The number of nitrogens with one attached hydrogen (secondary N) is 1. The van der Waals surface area contributed by atoms with Crippen molar-refractivity contribution < 1.29 is 9.90 Å². The molecule has 2 aliphatic rings. The highest BCUT2D eigenvalue weighted by molar-refractivity contribution is 8.00. The lowest BCUT2D eigenvalue weighted by Gasteiger charge is -2.38. The summed E-state index contributed by atoms with van der Waals surface area (Å²) in [5.41, 5.74) is 0. The first-order valence-corrected chi connectivity index (χ1v) is 5.92. The number of carbonyl (C=O) groups is 1. The molecule has 0 radical (unpaired) electrons. The summed E-state index contributed by atoms with van der Waals surface area (Å²) in [6.45, 7) is 0. The second-order valence-corrected chi connectivity index (χ2v) is 5.09. The van der Waals surface area contributed by atoms with Crippen molar-refractivity contribution in [3.8, 4) is 0 Å². The molecule has 0 aromatic carbocycles. The summed E-state index contributed by atoms with van der Waals surface area (Å²) in [6.07, 6.45) is 4.98. The molecule has 0 spiro atoms. The molecule has 2 N–H and O–H groups in total. The summed E-state index contributed by atoms with van der Waals surface area (Å²) in [4.78, 5) is 10.8. The first kappa shape index (κ1) is 9.34. The standard InChI is InChI=1S/C9H15NO2S/c11-9(12)7-5-13-8-4-2-1-3-6(8)10-7/h6-8,10H,1-5H2,(H,11,12). The molecule has 1 aliphatic heterocycles. The third kappa shape index (κ3) is 1.99. The minimum atomic E-state index is -0.698. The fraction of sp³-hybridized carbons (Fsp3) is 0.889. The minimum absolute atomic E-state index is 0.315. The van der Waals surface area contributed by atoms with E-state index >= 15 is 0 Å². The van der Waals surface area contributed by atoms with Crippen molar-refractivity contribution >= 4 is 17.7 Å². The second-order valence-electron chi connectivity index (χ2n) is 3.82. The maximum atomic E-state index is 10.8. The van der Waals surface area contributed by atoms with Crippen molar-refractivity contribution in [3.05, 3.63) is 0 Å². The van der Waals surface area contributed by atoms with Crippen molar-refractivity contribution in [1.29, 1.82) is 0 Å². The van der Waals surface area contributed by atoms with Gasteiger partial charge >= 0.3 is 5.97 Å². The van der Waals surface area contributed by atoms with Gasteiger partial charge in [-0.3, -0.25) is 10.1 Å². The van der Waals surface area contributed by atoms with Gasteiger partial charge in [-0.05, 0) is 12.8 Å². The Balaban J connectivity index is 1.95. The summed E-state index contributed by atoms with van der Waals surface area (Å²) in [5, 5.41) is 12.8. The molecular weight excluding hydrogens is 186 g/mol. The van der Waals surface area contributed by atoms with E-state index in [9.17, 15) is 4.79 Å². The minimum Gasteiger partial charge on any atom is -0.480 e. The van der Waals surface area contributed by atoms with Gasteiger partial charge in [0, 0.05) is 17.0 Å². The van der Waals surface area contributed by atoms with E-state index in [1.165, 1.54) is 19.3 Å². The Morgan fingerprint density at radius 1 is 1.38 bits per heavy atom. The first-order chi connectivity index (χ1) is 6.27. The van der Waals surface area contributed by atoms with Crippen LogP contribution in [0.1, 0.15) is 25.7 Å². The lowest BCUT2D eigenvalue weighted by Crippen LogP contribution is -2.54. The van der Waals surface area contributed by atoms with E-state index in [0.29, 0.717) is 11.3 Å². The zero-order valence-corrected chi connectivity index (χ0v) is 8.35. The van der Waals surface area contributed by atoms with E-state index in [4.69, 9.17) is 5.11 Å². The molecular formula is C9H15NO2S. The predicted molar refractivity (Wildman–Crippen MR) is 53.1 cm³/mol. The van der Waals surface area contributed by atoms with Crippen LogP contribution in [0.4, 0.5) is 0 Å². The molecule has 4 heteroatoms. The van der Waals surface area contributed by atoms with Crippen molar-refractivity contribution in [1.82, 2.24) is 5.32 Å². The van der Waals surface area contributed by atoms with Crippen LogP contribution in [0.15, 0.2) is 0 Å². The van der Waals surface area contributed by atoms with Crippen LogP contribution in [-0.2, 0) is 4.79 Å². The molecule has 0 aromatic heterocycles. The third-order valence-electron chi connectivity index (χ3n) is 2.89. The Labute approximate surface area is 82.3 Å². The van der Waals surface area contributed by atoms with Crippen molar-refractivity contribution in [2.24, 2.45) is 0 Å². The molecule has 3 unspecified atom stereocenters. The van der Waals surface area contributed by atoms with Crippen LogP contribution in [0, 0.1) is 0 Å². The topological polar surface area (TPSA) is 49.3 Å². The number of hydrogen-bond donors (Lipinski definition) is 2. The van der Waals surface area contributed by atoms with Crippen molar-refractivity contribution in [2.75, 3.05) is 5.75 Å². The van der Waals surface area contributed by atoms with Crippen LogP contribution in [-0.4, -0.2) is 34.2 Å². The largest absolute Gasteiger partial charge is 0.480 e. The molecule has 1 saturated carbocycles. The summed E-state index contributed by atoms with van der Waals surface area (Å²) in [6, 6.07) is 0.137. The average molecular weight is 201 g/mol. The molecule has 1 aliphatic carbocycles. The smallest absolute Gasteiger partial charge is 0.321 e. The molecule has 1 saturated heterocycles. The molecule has 2 rings (SSSR count). The van der Waals surface area contributed by atoms with Crippen LogP contribution < -0.4 is 5.32 Å². The van der Waals surface area contributed by atoms with Crippen molar-refractivity contribution in [3.63, 3.8) is 0 Å². The van der Waals surface area contributed by atoms with Gasteiger partial charge in [0.05, 0.1) is 0 Å². The number of carboxylic acid groups (broad SMARTS) is 1. The molecule has 13 heavy (non-hydrogen) atoms. The lowest BCUT2D eigenvalue weighted by atomic mass is 9.94. The summed E-state index contributed by atoms with van der Waals surface area (Å²) in [7, 11) is 0. The molecule has 2 fully saturated rings. The van der Waals surface area contributed by atoms with Crippen LogP contribution in [0.2, 0.25) is 0 Å². The van der Waals surface area contributed by atoms with Crippen LogP contribution >= 0.6 is 11.8 Å². The first-order valence-electron chi connectivity index (χ1n) is 4.88. The Bertz CT molecular complexity index is 210.